The van der Waals surface area contributed by atoms with Crippen LogP contribution in [0.25, 0.3) is 5.57 Å². The monoisotopic (exact) mass is 608 g/mol. The zero-order valence-electron chi connectivity index (χ0n) is 15.7. The standard InChI is InChI=1S/C21H20Br3FO3S/c1-28-21(24)11-18(22)15(8-19(21)23)17-10-20(6-7-20)9-16(17)13-2-4-14(5-3-13)29(26,27)12-25/h2-5,8,11,15H,6-7,9-10,12H2,1H3. The SMILES string of the molecule is COC1(Br)C=C(Br)C(C2=C(c3ccc(S(=O)(=O)CF)cc3)CC3(CC3)C2)C=C1Br. The maximum atomic E-state index is 12.8. The molecule has 3 aliphatic rings. The number of hydrogen-bond donors (Lipinski definition) is 0. The Morgan fingerprint density at radius 2 is 1.83 bits per heavy atom. The fourth-order valence-electron chi connectivity index (χ4n) is 4.20. The maximum absolute atomic E-state index is 12.8. The van der Waals surface area contributed by atoms with Gasteiger partial charge >= 0.3 is 0 Å². The van der Waals surface area contributed by atoms with E-state index in [2.05, 4.69) is 53.9 Å². The van der Waals surface area contributed by atoms with E-state index in [4.69, 9.17) is 4.74 Å². The van der Waals surface area contributed by atoms with Crippen LogP contribution in [0.1, 0.15) is 31.2 Å². The normalized spacial score (nSPS) is 28.5. The molecule has 1 fully saturated rings. The van der Waals surface area contributed by atoms with E-state index < -0.39 is 20.4 Å². The molecule has 0 bridgehead atoms. The van der Waals surface area contributed by atoms with Crippen molar-refractivity contribution in [2.24, 2.45) is 11.3 Å². The number of allylic oxidation sites excluding steroid dienone is 4. The summed E-state index contributed by atoms with van der Waals surface area (Å²) in [5.74, 6) is 0.0921. The Labute approximate surface area is 195 Å². The van der Waals surface area contributed by atoms with E-state index in [1.165, 1.54) is 36.1 Å². The molecule has 0 amide bonds. The van der Waals surface area contributed by atoms with Crippen molar-refractivity contribution in [3.8, 4) is 0 Å². The Morgan fingerprint density at radius 3 is 2.38 bits per heavy atom. The molecule has 0 aliphatic heterocycles. The first-order valence-corrected chi connectivity index (χ1v) is 13.3. The topological polar surface area (TPSA) is 43.4 Å². The molecule has 156 valence electrons. The van der Waals surface area contributed by atoms with Crippen molar-refractivity contribution in [1.29, 1.82) is 0 Å². The molecule has 8 heteroatoms. The van der Waals surface area contributed by atoms with E-state index >= 15 is 0 Å². The number of ether oxygens (including phenoxy) is 1. The van der Waals surface area contributed by atoms with Gasteiger partial charge in [-0.1, -0.05) is 55.6 Å². The highest BCUT2D eigenvalue weighted by atomic mass is 79.9. The van der Waals surface area contributed by atoms with E-state index in [-0.39, 0.29) is 10.8 Å². The van der Waals surface area contributed by atoms with Crippen molar-refractivity contribution in [2.45, 2.75) is 35.1 Å². The van der Waals surface area contributed by atoms with Crippen molar-refractivity contribution in [1.82, 2.24) is 0 Å². The number of rotatable bonds is 5. The zero-order valence-corrected chi connectivity index (χ0v) is 21.3. The summed E-state index contributed by atoms with van der Waals surface area (Å²) in [7, 11) is -2.20. The fourth-order valence-corrected chi connectivity index (χ4v) is 6.84. The molecule has 4 rings (SSSR count). The van der Waals surface area contributed by atoms with Crippen molar-refractivity contribution < 1.29 is 17.5 Å². The summed E-state index contributed by atoms with van der Waals surface area (Å²) in [5.41, 5.74) is 3.95. The lowest BCUT2D eigenvalue weighted by atomic mass is 9.88. The minimum atomic E-state index is -3.85. The van der Waals surface area contributed by atoms with E-state index in [0.29, 0.717) is 5.41 Å². The molecule has 0 heterocycles. The third-order valence-electron chi connectivity index (χ3n) is 6.10. The van der Waals surface area contributed by atoms with Crippen LogP contribution in [0.3, 0.4) is 0 Å². The molecule has 2 atom stereocenters. The molecular formula is C21H20Br3FO3S. The molecule has 29 heavy (non-hydrogen) atoms. The summed E-state index contributed by atoms with van der Waals surface area (Å²) in [5, 5.41) is 0. The van der Waals surface area contributed by atoms with Crippen LogP contribution in [0.5, 0.6) is 0 Å². The van der Waals surface area contributed by atoms with Gasteiger partial charge < -0.3 is 4.74 Å². The van der Waals surface area contributed by atoms with E-state index in [1.54, 1.807) is 7.11 Å². The molecule has 2 unspecified atom stereocenters. The fraction of sp³-hybridized carbons (Fsp3) is 0.429. The van der Waals surface area contributed by atoms with Crippen LogP contribution in [0.4, 0.5) is 4.39 Å². The molecule has 1 spiro atoms. The first-order valence-electron chi connectivity index (χ1n) is 9.24. The summed E-state index contributed by atoms with van der Waals surface area (Å²) in [4.78, 5) is 0.0237. The van der Waals surface area contributed by atoms with Gasteiger partial charge in [-0.3, -0.25) is 0 Å². The lowest BCUT2D eigenvalue weighted by molar-refractivity contribution is 0.151. The molecule has 3 aliphatic carbocycles. The van der Waals surface area contributed by atoms with E-state index in [9.17, 15) is 12.8 Å². The third kappa shape index (κ3) is 4.00. The molecule has 0 saturated heterocycles. The molecule has 0 radical (unpaired) electrons. The van der Waals surface area contributed by atoms with Crippen LogP contribution in [0, 0.1) is 11.3 Å². The van der Waals surface area contributed by atoms with Crippen LogP contribution in [-0.2, 0) is 14.6 Å². The number of benzene rings is 1. The van der Waals surface area contributed by atoms with E-state index in [1.807, 2.05) is 18.2 Å². The highest BCUT2D eigenvalue weighted by molar-refractivity contribution is 9.14. The van der Waals surface area contributed by atoms with Crippen LogP contribution in [-0.4, -0.2) is 26.0 Å². The highest BCUT2D eigenvalue weighted by Crippen LogP contribution is 2.64. The Hall–Kier alpha value is -0.280. The molecule has 1 aromatic carbocycles. The lowest BCUT2D eigenvalue weighted by Crippen LogP contribution is -2.26. The predicted octanol–water partition coefficient (Wildman–Crippen LogP) is 6.64. The van der Waals surface area contributed by atoms with Crippen LogP contribution >= 0.6 is 47.8 Å². The van der Waals surface area contributed by atoms with Crippen LogP contribution < -0.4 is 0 Å². The average Bonchev–Trinajstić information content (AvgIpc) is 3.35. The van der Waals surface area contributed by atoms with Gasteiger partial charge in [-0.25, -0.2) is 12.8 Å². The molecule has 1 saturated carbocycles. The first kappa shape index (κ1) is 21.9. The second kappa shape index (κ2) is 7.69. The molecule has 3 nitrogen and oxygen atoms in total. The molecular weight excluding hydrogens is 591 g/mol. The Morgan fingerprint density at radius 1 is 1.17 bits per heavy atom. The summed E-state index contributed by atoms with van der Waals surface area (Å²) < 4.78 is 43.2. The van der Waals surface area contributed by atoms with Gasteiger partial charge in [-0.15, -0.1) is 0 Å². The van der Waals surface area contributed by atoms with Crippen molar-refractivity contribution in [3.63, 3.8) is 0 Å². The minimum Gasteiger partial charge on any atom is -0.358 e. The van der Waals surface area contributed by atoms with Crippen LogP contribution in [0.15, 0.2) is 55.9 Å². The zero-order chi connectivity index (χ0) is 21.0. The van der Waals surface area contributed by atoms with Crippen LogP contribution in [0.2, 0.25) is 0 Å². The summed E-state index contributed by atoms with van der Waals surface area (Å²) >= 11 is 11.0. The van der Waals surface area contributed by atoms with Crippen molar-refractivity contribution in [3.05, 3.63) is 56.5 Å². The van der Waals surface area contributed by atoms with Gasteiger partial charge in [-0.2, -0.15) is 0 Å². The second-order valence-corrected chi connectivity index (χ2v) is 12.8. The van der Waals surface area contributed by atoms with Gasteiger partial charge in [-0.05, 0) is 76.4 Å². The molecule has 1 aromatic rings. The van der Waals surface area contributed by atoms with Gasteiger partial charge in [0.2, 0.25) is 9.84 Å². The minimum absolute atomic E-state index is 0.0237. The quantitative estimate of drug-likeness (QED) is 0.351. The predicted molar refractivity (Wildman–Crippen MR) is 124 cm³/mol. The number of methoxy groups -OCH3 is 1. The van der Waals surface area contributed by atoms with Gasteiger partial charge in [0, 0.05) is 22.0 Å². The van der Waals surface area contributed by atoms with Gasteiger partial charge in [0.15, 0.2) is 10.5 Å². The summed E-state index contributed by atoms with van der Waals surface area (Å²) in [6.45, 7) is 0. The summed E-state index contributed by atoms with van der Waals surface area (Å²) in [6.07, 6.45) is 8.62. The van der Waals surface area contributed by atoms with Crippen molar-refractivity contribution >= 4 is 63.2 Å². The smallest absolute Gasteiger partial charge is 0.207 e. The highest BCUT2D eigenvalue weighted by Gasteiger charge is 2.50. The van der Waals surface area contributed by atoms with Gasteiger partial charge in [0.25, 0.3) is 0 Å². The Kier molecular flexibility index (Phi) is 5.82. The number of hydrogen-bond acceptors (Lipinski definition) is 3. The number of sulfone groups is 1. The summed E-state index contributed by atoms with van der Waals surface area (Å²) in [6, 6.07) is 5.26. The second-order valence-electron chi connectivity index (χ2n) is 7.98. The maximum Gasteiger partial charge on any atom is 0.207 e. The van der Waals surface area contributed by atoms with Gasteiger partial charge in [0.1, 0.15) is 0 Å². The largest absolute Gasteiger partial charge is 0.358 e. The third-order valence-corrected chi connectivity index (χ3v) is 10.5. The Balaban J connectivity index is 1.75. The first-order chi connectivity index (χ1) is 13.6. The lowest BCUT2D eigenvalue weighted by Gasteiger charge is -2.31. The van der Waals surface area contributed by atoms with Gasteiger partial charge in [0.05, 0.1) is 4.90 Å². The van der Waals surface area contributed by atoms with E-state index in [0.717, 1.165) is 27.4 Å². The number of alkyl halides is 2. The Bertz CT molecular complexity index is 1040. The number of halogens is 4. The molecule has 0 aromatic heterocycles. The molecule has 0 N–H and O–H groups in total. The average molecular weight is 611 g/mol. The van der Waals surface area contributed by atoms with Crippen molar-refractivity contribution in [2.75, 3.05) is 13.1 Å².